The highest BCUT2D eigenvalue weighted by Crippen LogP contribution is 2.28. The fourth-order valence-electron chi connectivity index (χ4n) is 1.71. The molecule has 80 valence electrons. The minimum absolute atomic E-state index is 0.0466. The van der Waals surface area contributed by atoms with Crippen molar-refractivity contribution in [2.75, 3.05) is 6.61 Å². The summed E-state index contributed by atoms with van der Waals surface area (Å²) in [5, 5.41) is 13.4. The van der Waals surface area contributed by atoms with Gasteiger partial charge in [0.15, 0.2) is 5.82 Å². The van der Waals surface area contributed by atoms with Crippen LogP contribution >= 0.6 is 22.9 Å². The van der Waals surface area contributed by atoms with E-state index in [1.165, 1.54) is 11.3 Å². The molecule has 1 unspecified atom stereocenters. The molecule has 7 heteroatoms. The number of aromatic nitrogens is 4. The van der Waals surface area contributed by atoms with E-state index in [0.29, 0.717) is 5.88 Å². The molecule has 1 atom stereocenters. The smallest absolute Gasteiger partial charge is 0.234 e. The fourth-order valence-corrected chi connectivity index (χ4v) is 2.62. The SMILES string of the molecule is ClCc1nn2c(C3CCCO3)nnc2s1. The number of hydrogen-bond donors (Lipinski definition) is 0. The summed E-state index contributed by atoms with van der Waals surface area (Å²) < 4.78 is 7.31. The van der Waals surface area contributed by atoms with E-state index >= 15 is 0 Å². The van der Waals surface area contributed by atoms with Crippen molar-refractivity contribution in [3.8, 4) is 0 Å². The fraction of sp³-hybridized carbons (Fsp3) is 0.625. The quantitative estimate of drug-likeness (QED) is 0.756. The third-order valence-electron chi connectivity index (χ3n) is 2.39. The Morgan fingerprint density at radius 2 is 2.47 bits per heavy atom. The summed E-state index contributed by atoms with van der Waals surface area (Å²) in [4.78, 5) is 0.788. The molecule has 0 N–H and O–H groups in total. The highest BCUT2D eigenvalue weighted by molar-refractivity contribution is 7.16. The summed E-state index contributed by atoms with van der Waals surface area (Å²) >= 11 is 7.19. The first-order chi connectivity index (χ1) is 7.38. The van der Waals surface area contributed by atoms with Crippen molar-refractivity contribution in [2.24, 2.45) is 0 Å². The van der Waals surface area contributed by atoms with Crippen LogP contribution in [0.3, 0.4) is 0 Å². The van der Waals surface area contributed by atoms with Crippen molar-refractivity contribution >= 4 is 27.9 Å². The molecule has 1 fully saturated rings. The van der Waals surface area contributed by atoms with Gasteiger partial charge in [0.25, 0.3) is 0 Å². The van der Waals surface area contributed by atoms with Crippen molar-refractivity contribution in [1.82, 2.24) is 19.8 Å². The van der Waals surface area contributed by atoms with Gasteiger partial charge in [-0.2, -0.15) is 9.61 Å². The van der Waals surface area contributed by atoms with E-state index in [9.17, 15) is 0 Å². The Bertz CT molecular complexity index is 476. The van der Waals surface area contributed by atoms with Crippen molar-refractivity contribution in [1.29, 1.82) is 0 Å². The molecule has 0 saturated carbocycles. The average Bonchev–Trinajstić information content (AvgIpc) is 2.92. The molecular weight excluding hydrogens is 236 g/mol. The van der Waals surface area contributed by atoms with Gasteiger partial charge in [0.2, 0.25) is 4.96 Å². The lowest BCUT2D eigenvalue weighted by Gasteiger charge is -2.03. The van der Waals surface area contributed by atoms with Crippen molar-refractivity contribution in [3.05, 3.63) is 10.8 Å². The van der Waals surface area contributed by atoms with Gasteiger partial charge in [0.1, 0.15) is 11.1 Å². The highest BCUT2D eigenvalue weighted by Gasteiger charge is 2.24. The van der Waals surface area contributed by atoms with Gasteiger partial charge in [-0.3, -0.25) is 0 Å². The Balaban J connectivity index is 2.05. The Hall–Kier alpha value is -0.720. The second-order valence-electron chi connectivity index (χ2n) is 3.38. The van der Waals surface area contributed by atoms with E-state index in [-0.39, 0.29) is 6.10 Å². The maximum atomic E-state index is 5.72. The molecule has 3 heterocycles. The first kappa shape index (κ1) is 9.50. The van der Waals surface area contributed by atoms with Gasteiger partial charge in [0, 0.05) is 6.61 Å². The minimum Gasteiger partial charge on any atom is -0.370 e. The van der Waals surface area contributed by atoms with E-state index in [4.69, 9.17) is 16.3 Å². The normalized spacial score (nSPS) is 21.5. The van der Waals surface area contributed by atoms with E-state index in [1.807, 2.05) is 0 Å². The Kier molecular flexibility index (Phi) is 2.34. The maximum absolute atomic E-state index is 5.72. The summed E-state index contributed by atoms with van der Waals surface area (Å²) in [5.41, 5.74) is 0. The monoisotopic (exact) mass is 244 g/mol. The number of halogens is 1. The van der Waals surface area contributed by atoms with Gasteiger partial charge >= 0.3 is 0 Å². The van der Waals surface area contributed by atoms with Crippen LogP contribution in [0.25, 0.3) is 4.96 Å². The van der Waals surface area contributed by atoms with Crippen LogP contribution in [-0.2, 0) is 10.6 Å². The Morgan fingerprint density at radius 1 is 1.53 bits per heavy atom. The topological polar surface area (TPSA) is 52.3 Å². The van der Waals surface area contributed by atoms with Crippen LogP contribution in [0.1, 0.15) is 29.8 Å². The summed E-state index contributed by atoms with van der Waals surface area (Å²) in [7, 11) is 0. The highest BCUT2D eigenvalue weighted by atomic mass is 35.5. The lowest BCUT2D eigenvalue weighted by Crippen LogP contribution is -2.03. The molecule has 1 saturated heterocycles. The van der Waals surface area contributed by atoms with Gasteiger partial charge in [0.05, 0.1) is 5.88 Å². The number of hydrogen-bond acceptors (Lipinski definition) is 5. The summed E-state index contributed by atoms with van der Waals surface area (Å²) in [6.07, 6.45) is 2.12. The zero-order chi connectivity index (χ0) is 10.3. The molecule has 0 aliphatic carbocycles. The predicted molar refractivity (Wildman–Crippen MR) is 56.1 cm³/mol. The predicted octanol–water partition coefficient (Wildman–Crippen LogP) is 1.78. The molecule has 0 bridgehead atoms. The van der Waals surface area contributed by atoms with E-state index in [2.05, 4.69) is 15.3 Å². The molecule has 3 rings (SSSR count). The van der Waals surface area contributed by atoms with Crippen molar-refractivity contribution < 1.29 is 4.74 Å². The lowest BCUT2D eigenvalue weighted by atomic mass is 10.2. The molecule has 1 aliphatic heterocycles. The summed E-state index contributed by atoms with van der Waals surface area (Å²) in [6, 6.07) is 0. The number of ether oxygens (including phenoxy) is 1. The molecule has 2 aromatic rings. The van der Waals surface area contributed by atoms with Gasteiger partial charge in [-0.05, 0) is 12.8 Å². The van der Waals surface area contributed by atoms with Gasteiger partial charge < -0.3 is 4.74 Å². The molecule has 0 amide bonds. The molecule has 0 aromatic carbocycles. The second-order valence-corrected chi connectivity index (χ2v) is 4.69. The van der Waals surface area contributed by atoms with Crippen LogP contribution in [0.15, 0.2) is 0 Å². The number of alkyl halides is 1. The van der Waals surface area contributed by atoms with E-state index in [1.54, 1.807) is 4.52 Å². The molecule has 0 spiro atoms. The van der Waals surface area contributed by atoms with Gasteiger partial charge in [-0.25, -0.2) is 0 Å². The zero-order valence-electron chi connectivity index (χ0n) is 7.89. The van der Waals surface area contributed by atoms with Crippen LogP contribution in [0, 0.1) is 0 Å². The molecule has 2 aromatic heterocycles. The largest absolute Gasteiger partial charge is 0.370 e. The third-order valence-corrected chi connectivity index (χ3v) is 3.70. The standard InChI is InChI=1S/C8H9ClN4OS/c9-4-6-12-13-7(5-2-1-3-14-5)10-11-8(13)15-6/h5H,1-4H2. The summed E-state index contributed by atoms with van der Waals surface area (Å²) in [6.45, 7) is 0.798. The molecular formula is C8H9ClN4OS. The van der Waals surface area contributed by atoms with Gasteiger partial charge in [-0.15, -0.1) is 21.8 Å². The molecule has 15 heavy (non-hydrogen) atoms. The van der Waals surface area contributed by atoms with Crippen LogP contribution in [-0.4, -0.2) is 26.4 Å². The van der Waals surface area contributed by atoms with Crippen LogP contribution in [0.5, 0.6) is 0 Å². The Labute approximate surface area is 95.0 Å². The number of rotatable bonds is 2. The molecule has 5 nitrogen and oxygen atoms in total. The molecule has 0 radical (unpaired) electrons. The Morgan fingerprint density at radius 3 is 3.20 bits per heavy atom. The van der Waals surface area contributed by atoms with E-state index in [0.717, 1.165) is 35.2 Å². The first-order valence-electron chi connectivity index (χ1n) is 4.77. The van der Waals surface area contributed by atoms with Crippen molar-refractivity contribution in [2.45, 2.75) is 24.8 Å². The minimum atomic E-state index is 0.0466. The average molecular weight is 245 g/mol. The zero-order valence-corrected chi connectivity index (χ0v) is 9.46. The number of nitrogens with zero attached hydrogens (tertiary/aromatic N) is 4. The van der Waals surface area contributed by atoms with Crippen LogP contribution in [0.4, 0.5) is 0 Å². The lowest BCUT2D eigenvalue weighted by molar-refractivity contribution is 0.103. The first-order valence-corrected chi connectivity index (χ1v) is 6.12. The van der Waals surface area contributed by atoms with Crippen LogP contribution < -0.4 is 0 Å². The van der Waals surface area contributed by atoms with Gasteiger partial charge in [-0.1, -0.05) is 11.3 Å². The summed E-state index contributed by atoms with van der Waals surface area (Å²) in [5.74, 6) is 1.22. The van der Waals surface area contributed by atoms with Crippen molar-refractivity contribution in [3.63, 3.8) is 0 Å². The van der Waals surface area contributed by atoms with E-state index < -0.39 is 0 Å². The molecule has 1 aliphatic rings. The maximum Gasteiger partial charge on any atom is 0.234 e. The number of fused-ring (bicyclic) bond motifs is 1. The van der Waals surface area contributed by atoms with Crippen LogP contribution in [0.2, 0.25) is 0 Å². The second kappa shape index (κ2) is 3.70. The third kappa shape index (κ3) is 1.53.